The third-order valence-corrected chi connectivity index (χ3v) is 12.5. The monoisotopic (exact) mass is 803 g/mol. The fourth-order valence-corrected chi connectivity index (χ4v) is 9.76. The summed E-state index contributed by atoms with van der Waals surface area (Å²) in [6.07, 6.45) is 0. The van der Waals surface area contributed by atoms with Gasteiger partial charge < -0.3 is 14.0 Å². The Kier molecular flexibility index (Phi) is 8.83. The number of para-hydroxylation sites is 6. The summed E-state index contributed by atoms with van der Waals surface area (Å²) < 4.78 is 4.80. The molecular weight excluding hydrogens is 763 g/mol. The second-order valence-electron chi connectivity index (χ2n) is 16.1. The molecule has 0 fully saturated rings. The third kappa shape index (κ3) is 6.21. The number of aromatic nitrogens is 2. The molecule has 0 aliphatic carbocycles. The minimum absolute atomic E-state index is 1.09. The SMILES string of the molecule is c1ccc(N(c2ccccc2)c2cccc(-c3cccc(-c4cccc(-n5c6ccccc6c6ccccc65)c4)c3-c3ccc4c(c3)c3ccccc3n4-c3ccccc3)c2)cc1. The lowest BCUT2D eigenvalue weighted by Gasteiger charge is -2.26. The van der Waals surface area contributed by atoms with E-state index in [4.69, 9.17) is 0 Å². The molecule has 0 amide bonds. The van der Waals surface area contributed by atoms with E-state index in [1.807, 2.05) is 0 Å². The summed E-state index contributed by atoms with van der Waals surface area (Å²) in [6.45, 7) is 0. The highest BCUT2D eigenvalue weighted by molar-refractivity contribution is 6.12. The number of anilines is 3. The van der Waals surface area contributed by atoms with Crippen molar-refractivity contribution in [1.29, 1.82) is 0 Å². The zero-order valence-electron chi connectivity index (χ0n) is 34.5. The molecule has 12 rings (SSSR count). The highest BCUT2D eigenvalue weighted by Crippen LogP contribution is 2.45. The summed E-state index contributed by atoms with van der Waals surface area (Å²) >= 11 is 0. The highest BCUT2D eigenvalue weighted by Gasteiger charge is 2.21. The number of benzene rings is 10. The second-order valence-corrected chi connectivity index (χ2v) is 16.1. The van der Waals surface area contributed by atoms with Crippen LogP contribution in [0.1, 0.15) is 0 Å². The molecule has 0 N–H and O–H groups in total. The molecule has 0 spiro atoms. The van der Waals surface area contributed by atoms with Gasteiger partial charge in [0, 0.05) is 50.0 Å². The van der Waals surface area contributed by atoms with Crippen LogP contribution in [0.3, 0.4) is 0 Å². The predicted molar refractivity (Wildman–Crippen MR) is 266 cm³/mol. The van der Waals surface area contributed by atoms with Crippen LogP contribution in [0.25, 0.3) is 88.4 Å². The molecular formula is C60H41N3. The molecule has 0 aliphatic rings. The van der Waals surface area contributed by atoms with Crippen LogP contribution >= 0.6 is 0 Å². The summed E-state index contributed by atoms with van der Waals surface area (Å²) in [4.78, 5) is 2.34. The minimum atomic E-state index is 1.09. The van der Waals surface area contributed by atoms with E-state index in [2.05, 4.69) is 263 Å². The summed E-state index contributed by atoms with van der Waals surface area (Å²) in [7, 11) is 0. The molecule has 10 aromatic carbocycles. The normalized spacial score (nSPS) is 11.5. The summed E-state index contributed by atoms with van der Waals surface area (Å²) in [6, 6.07) is 90.2. The van der Waals surface area contributed by atoms with Crippen LogP contribution < -0.4 is 4.90 Å². The van der Waals surface area contributed by atoms with Crippen molar-refractivity contribution in [3.8, 4) is 44.8 Å². The summed E-state index contributed by atoms with van der Waals surface area (Å²) in [5, 5.41) is 4.96. The number of fused-ring (bicyclic) bond motifs is 6. The maximum Gasteiger partial charge on any atom is 0.0541 e. The van der Waals surface area contributed by atoms with E-state index in [9.17, 15) is 0 Å². The van der Waals surface area contributed by atoms with E-state index in [-0.39, 0.29) is 0 Å². The van der Waals surface area contributed by atoms with Crippen LogP contribution in [0.4, 0.5) is 17.1 Å². The van der Waals surface area contributed by atoms with Gasteiger partial charge in [-0.2, -0.15) is 0 Å². The van der Waals surface area contributed by atoms with E-state index < -0.39 is 0 Å². The Morgan fingerprint density at radius 1 is 0.254 bits per heavy atom. The number of rotatable bonds is 8. The minimum Gasteiger partial charge on any atom is -0.310 e. The van der Waals surface area contributed by atoms with Crippen molar-refractivity contribution in [2.24, 2.45) is 0 Å². The average molecular weight is 804 g/mol. The van der Waals surface area contributed by atoms with Gasteiger partial charge >= 0.3 is 0 Å². The maximum atomic E-state index is 2.42. The molecule has 0 unspecified atom stereocenters. The number of nitrogens with zero attached hydrogens (tertiary/aromatic N) is 3. The van der Waals surface area contributed by atoms with Gasteiger partial charge in [0.25, 0.3) is 0 Å². The lowest BCUT2D eigenvalue weighted by molar-refractivity contribution is 1.18. The number of hydrogen-bond donors (Lipinski definition) is 0. The zero-order chi connectivity index (χ0) is 41.7. The topological polar surface area (TPSA) is 13.1 Å². The smallest absolute Gasteiger partial charge is 0.0541 e. The Morgan fingerprint density at radius 2 is 0.683 bits per heavy atom. The van der Waals surface area contributed by atoms with Gasteiger partial charge in [-0.1, -0.05) is 158 Å². The van der Waals surface area contributed by atoms with Crippen LogP contribution in [0.5, 0.6) is 0 Å². The van der Waals surface area contributed by atoms with Crippen molar-refractivity contribution >= 4 is 60.7 Å². The Morgan fingerprint density at radius 3 is 1.29 bits per heavy atom. The zero-order valence-corrected chi connectivity index (χ0v) is 34.5. The van der Waals surface area contributed by atoms with Crippen molar-refractivity contribution in [2.75, 3.05) is 4.90 Å². The van der Waals surface area contributed by atoms with Gasteiger partial charge in [0.2, 0.25) is 0 Å². The first kappa shape index (κ1) is 36.5. The summed E-state index contributed by atoms with van der Waals surface area (Å²) in [5.41, 5.74) is 17.4. The van der Waals surface area contributed by atoms with Crippen LogP contribution in [0.15, 0.2) is 249 Å². The fourth-order valence-electron chi connectivity index (χ4n) is 9.76. The fraction of sp³-hybridized carbons (Fsp3) is 0. The second kappa shape index (κ2) is 15.3. The van der Waals surface area contributed by atoms with Gasteiger partial charge in [0.15, 0.2) is 0 Å². The molecule has 3 nitrogen and oxygen atoms in total. The molecule has 296 valence electrons. The van der Waals surface area contributed by atoms with Gasteiger partial charge in [0.1, 0.15) is 0 Å². The van der Waals surface area contributed by atoms with Crippen LogP contribution in [0, 0.1) is 0 Å². The molecule has 12 aromatic rings. The van der Waals surface area contributed by atoms with Gasteiger partial charge in [-0.15, -0.1) is 0 Å². The quantitative estimate of drug-likeness (QED) is 0.149. The first-order valence-corrected chi connectivity index (χ1v) is 21.6. The first-order chi connectivity index (χ1) is 31.3. The maximum absolute atomic E-state index is 2.42. The first-order valence-electron chi connectivity index (χ1n) is 21.6. The molecule has 2 heterocycles. The molecule has 0 saturated carbocycles. The van der Waals surface area contributed by atoms with Crippen LogP contribution in [-0.4, -0.2) is 9.13 Å². The van der Waals surface area contributed by atoms with Crippen molar-refractivity contribution < 1.29 is 0 Å². The largest absolute Gasteiger partial charge is 0.310 e. The van der Waals surface area contributed by atoms with Gasteiger partial charge in [-0.25, -0.2) is 0 Å². The van der Waals surface area contributed by atoms with E-state index in [0.29, 0.717) is 0 Å². The molecule has 3 heteroatoms. The lowest BCUT2D eigenvalue weighted by Crippen LogP contribution is -2.09. The van der Waals surface area contributed by atoms with Crippen LogP contribution in [-0.2, 0) is 0 Å². The highest BCUT2D eigenvalue weighted by atomic mass is 15.1. The van der Waals surface area contributed by atoms with Crippen molar-refractivity contribution in [3.63, 3.8) is 0 Å². The van der Waals surface area contributed by atoms with Crippen molar-refractivity contribution in [2.45, 2.75) is 0 Å². The average Bonchev–Trinajstić information content (AvgIpc) is 3.88. The third-order valence-electron chi connectivity index (χ3n) is 12.5. The molecule has 63 heavy (non-hydrogen) atoms. The predicted octanol–water partition coefficient (Wildman–Crippen LogP) is 16.4. The molecule has 0 saturated heterocycles. The number of hydrogen-bond acceptors (Lipinski definition) is 1. The molecule has 0 bridgehead atoms. The van der Waals surface area contributed by atoms with Gasteiger partial charge in [0.05, 0.1) is 22.1 Å². The molecule has 0 radical (unpaired) electrons. The standard InChI is InChI=1S/C60H41N3/c1-4-21-45(22-5-1)61(46-23-6-2-7-24-46)48-27-16-19-42(39-48)50-32-18-33-51(43-20-17-28-49(40-43)63-56-34-13-10-29-52(56)53-30-11-14-35-57(53)63)60(50)44-37-38-59-55(41-44)54-31-12-15-36-58(54)62(59)47-25-8-3-9-26-47/h1-41H. The lowest BCUT2D eigenvalue weighted by atomic mass is 9.87. The van der Waals surface area contributed by atoms with Crippen LogP contribution in [0.2, 0.25) is 0 Å². The molecule has 2 aromatic heterocycles. The van der Waals surface area contributed by atoms with E-state index in [0.717, 1.165) is 39.6 Å². The van der Waals surface area contributed by atoms with Gasteiger partial charge in [-0.05, 0) is 124 Å². The Hall–Kier alpha value is -8.40. The van der Waals surface area contributed by atoms with E-state index in [1.165, 1.54) is 65.9 Å². The molecule has 0 atom stereocenters. The van der Waals surface area contributed by atoms with E-state index >= 15 is 0 Å². The van der Waals surface area contributed by atoms with Crippen molar-refractivity contribution in [3.05, 3.63) is 249 Å². The molecule has 0 aliphatic heterocycles. The van der Waals surface area contributed by atoms with Crippen molar-refractivity contribution in [1.82, 2.24) is 9.13 Å². The Balaban J connectivity index is 1.10. The van der Waals surface area contributed by atoms with Gasteiger partial charge in [-0.3, -0.25) is 0 Å². The Bertz CT molecular complexity index is 3530. The van der Waals surface area contributed by atoms with E-state index in [1.54, 1.807) is 0 Å². The Labute approximate surface area is 366 Å². The summed E-state index contributed by atoms with van der Waals surface area (Å²) in [5.74, 6) is 0.